The van der Waals surface area contributed by atoms with E-state index in [1.165, 1.54) is 12.1 Å². The van der Waals surface area contributed by atoms with Crippen molar-refractivity contribution in [3.8, 4) is 5.75 Å². The fraction of sp³-hybridized carbons (Fsp3) is 0.409. The van der Waals surface area contributed by atoms with Crippen LogP contribution in [0.5, 0.6) is 5.75 Å². The zero-order valence-electron chi connectivity index (χ0n) is 16.7. The summed E-state index contributed by atoms with van der Waals surface area (Å²) in [7, 11) is 0. The highest BCUT2D eigenvalue weighted by Crippen LogP contribution is 2.40. The van der Waals surface area contributed by atoms with Crippen LogP contribution in [0.2, 0.25) is 0 Å². The number of carbonyl (C=O) groups excluding carboxylic acids is 1. The number of para-hydroxylation sites is 1. The Morgan fingerprint density at radius 2 is 1.87 bits per heavy atom. The molecule has 2 aromatic rings. The molecule has 2 N–H and O–H groups in total. The van der Waals surface area contributed by atoms with Gasteiger partial charge in [-0.25, -0.2) is 0 Å². The summed E-state index contributed by atoms with van der Waals surface area (Å²) < 4.78 is 43.2. The fourth-order valence-corrected chi connectivity index (χ4v) is 3.69. The number of ether oxygens (including phenoxy) is 1. The normalized spacial score (nSPS) is 17.4. The Balaban J connectivity index is 1.94. The molecule has 1 heterocycles. The lowest BCUT2D eigenvalue weighted by Crippen LogP contribution is -2.45. The van der Waals surface area contributed by atoms with Crippen molar-refractivity contribution in [1.29, 1.82) is 0 Å². The van der Waals surface area contributed by atoms with E-state index in [1.54, 1.807) is 17.0 Å². The number of aliphatic hydroxyl groups excluding tert-OH is 1. The highest BCUT2D eigenvalue weighted by Gasteiger charge is 2.37. The number of hydrogen-bond acceptors (Lipinski definition) is 4. The van der Waals surface area contributed by atoms with Gasteiger partial charge in [-0.3, -0.25) is 4.79 Å². The number of halogens is 3. The van der Waals surface area contributed by atoms with Crippen molar-refractivity contribution in [1.82, 2.24) is 10.2 Å². The van der Waals surface area contributed by atoms with E-state index in [1.807, 2.05) is 31.2 Å². The first-order valence-corrected chi connectivity index (χ1v) is 9.83. The average molecular weight is 422 g/mol. The Hall–Kier alpha value is -2.58. The van der Waals surface area contributed by atoms with Crippen LogP contribution in [0.4, 0.5) is 13.2 Å². The van der Waals surface area contributed by atoms with E-state index in [-0.39, 0.29) is 30.7 Å². The summed E-state index contributed by atoms with van der Waals surface area (Å²) in [5.41, 5.74) is 2.08. The summed E-state index contributed by atoms with van der Waals surface area (Å²) in [5, 5.41) is 12.2. The van der Waals surface area contributed by atoms with Gasteiger partial charge in [-0.1, -0.05) is 49.4 Å². The van der Waals surface area contributed by atoms with E-state index >= 15 is 0 Å². The first-order chi connectivity index (χ1) is 14.3. The minimum absolute atomic E-state index is 0.00304. The molecule has 2 unspecified atom stereocenters. The lowest BCUT2D eigenvalue weighted by atomic mass is 9.87. The van der Waals surface area contributed by atoms with Crippen molar-refractivity contribution in [2.45, 2.75) is 25.7 Å². The standard InChI is InChI=1S/C22H25F3N2O3/c1-15(14-28)12-26-13-20(29)27-11-10-16-6-2-3-7-17(16)21(27)18-8-4-5-9-19(18)30-22(23,24)25/h2-9,15,21,26,28H,10-14H2,1H3. The summed E-state index contributed by atoms with van der Waals surface area (Å²) >= 11 is 0. The van der Waals surface area contributed by atoms with Crippen molar-refractivity contribution in [3.63, 3.8) is 0 Å². The van der Waals surface area contributed by atoms with E-state index < -0.39 is 12.4 Å². The molecule has 1 aliphatic heterocycles. The lowest BCUT2D eigenvalue weighted by Gasteiger charge is -2.38. The molecule has 0 saturated carbocycles. The molecule has 0 saturated heterocycles. The molecule has 162 valence electrons. The number of hydrogen-bond donors (Lipinski definition) is 2. The van der Waals surface area contributed by atoms with E-state index in [9.17, 15) is 18.0 Å². The third-order valence-electron chi connectivity index (χ3n) is 5.12. The summed E-state index contributed by atoms with van der Waals surface area (Å²) in [6.07, 6.45) is -4.21. The monoisotopic (exact) mass is 422 g/mol. The molecule has 30 heavy (non-hydrogen) atoms. The topological polar surface area (TPSA) is 61.8 Å². The number of amides is 1. The van der Waals surface area contributed by atoms with Crippen LogP contribution in [0, 0.1) is 5.92 Å². The lowest BCUT2D eigenvalue weighted by molar-refractivity contribution is -0.275. The van der Waals surface area contributed by atoms with Gasteiger partial charge >= 0.3 is 6.36 Å². The molecule has 8 heteroatoms. The van der Waals surface area contributed by atoms with Gasteiger partial charge in [-0.05, 0) is 29.5 Å². The molecule has 0 bridgehead atoms. The number of aliphatic hydroxyl groups is 1. The maximum atomic E-state index is 13.0. The van der Waals surface area contributed by atoms with E-state index in [0.717, 1.165) is 11.1 Å². The summed E-state index contributed by atoms with van der Waals surface area (Å²) in [6.45, 7) is 2.74. The Morgan fingerprint density at radius 3 is 2.57 bits per heavy atom. The molecule has 2 atom stereocenters. The van der Waals surface area contributed by atoms with Crippen LogP contribution in [0.1, 0.15) is 29.7 Å². The SMILES string of the molecule is CC(CO)CNCC(=O)N1CCc2ccccc2C1c1ccccc1OC(F)(F)F. The van der Waals surface area contributed by atoms with Gasteiger partial charge in [0.25, 0.3) is 0 Å². The third-order valence-corrected chi connectivity index (χ3v) is 5.12. The molecule has 3 rings (SSSR count). The van der Waals surface area contributed by atoms with Gasteiger partial charge in [0.2, 0.25) is 5.91 Å². The molecule has 0 radical (unpaired) electrons. The van der Waals surface area contributed by atoms with Crippen molar-refractivity contribution < 1.29 is 27.8 Å². The minimum Gasteiger partial charge on any atom is -0.405 e. The smallest absolute Gasteiger partial charge is 0.405 e. The van der Waals surface area contributed by atoms with Gasteiger partial charge in [0, 0.05) is 25.3 Å². The molecular formula is C22H25F3N2O3. The molecule has 5 nitrogen and oxygen atoms in total. The van der Waals surface area contributed by atoms with Crippen molar-refractivity contribution in [2.24, 2.45) is 5.92 Å². The predicted octanol–water partition coefficient (Wildman–Crippen LogP) is 3.28. The highest BCUT2D eigenvalue weighted by molar-refractivity contribution is 5.80. The van der Waals surface area contributed by atoms with Crippen LogP contribution >= 0.6 is 0 Å². The second-order valence-corrected chi connectivity index (χ2v) is 7.44. The van der Waals surface area contributed by atoms with Gasteiger partial charge in [0.15, 0.2) is 0 Å². The number of carbonyl (C=O) groups is 1. The summed E-state index contributed by atoms with van der Waals surface area (Å²) in [6, 6.07) is 12.7. The molecule has 0 aliphatic carbocycles. The molecule has 0 spiro atoms. The molecular weight excluding hydrogens is 397 g/mol. The predicted molar refractivity (Wildman–Crippen MR) is 106 cm³/mol. The highest BCUT2D eigenvalue weighted by atomic mass is 19.4. The van der Waals surface area contributed by atoms with Crippen LogP contribution in [-0.4, -0.2) is 48.5 Å². The van der Waals surface area contributed by atoms with E-state index in [0.29, 0.717) is 25.1 Å². The van der Waals surface area contributed by atoms with Gasteiger partial charge in [0.1, 0.15) is 5.75 Å². The summed E-state index contributed by atoms with van der Waals surface area (Å²) in [4.78, 5) is 14.6. The first kappa shape index (κ1) is 22.1. The van der Waals surface area contributed by atoms with Crippen LogP contribution in [0.25, 0.3) is 0 Å². The van der Waals surface area contributed by atoms with Crippen molar-refractivity contribution in [3.05, 3.63) is 65.2 Å². The number of nitrogens with zero attached hydrogens (tertiary/aromatic N) is 1. The van der Waals surface area contributed by atoms with Crippen molar-refractivity contribution >= 4 is 5.91 Å². The summed E-state index contributed by atoms with van der Waals surface area (Å²) in [5.74, 6) is -0.538. The minimum atomic E-state index is -4.83. The maximum Gasteiger partial charge on any atom is 0.573 e. The average Bonchev–Trinajstić information content (AvgIpc) is 2.72. The maximum absolute atomic E-state index is 13.0. The Kier molecular flexibility index (Phi) is 6.99. The molecule has 2 aromatic carbocycles. The molecule has 1 amide bonds. The van der Waals surface area contributed by atoms with Crippen molar-refractivity contribution in [2.75, 3.05) is 26.2 Å². The quantitative estimate of drug-likeness (QED) is 0.719. The zero-order valence-corrected chi connectivity index (χ0v) is 16.7. The molecule has 0 fully saturated rings. The van der Waals surface area contributed by atoms with Gasteiger partial charge in [-0.2, -0.15) is 0 Å². The van der Waals surface area contributed by atoms with E-state index in [4.69, 9.17) is 5.11 Å². The third kappa shape index (κ3) is 5.31. The van der Waals surface area contributed by atoms with Crippen LogP contribution in [0.3, 0.4) is 0 Å². The van der Waals surface area contributed by atoms with Gasteiger partial charge < -0.3 is 20.1 Å². The Morgan fingerprint density at radius 1 is 1.20 bits per heavy atom. The number of rotatable bonds is 7. The molecule has 1 aliphatic rings. The fourth-order valence-electron chi connectivity index (χ4n) is 3.69. The van der Waals surface area contributed by atoms with Crippen LogP contribution < -0.4 is 10.1 Å². The second kappa shape index (κ2) is 9.49. The number of benzene rings is 2. The van der Waals surface area contributed by atoms with E-state index in [2.05, 4.69) is 10.1 Å². The second-order valence-electron chi connectivity index (χ2n) is 7.44. The Bertz CT molecular complexity index is 873. The molecule has 0 aromatic heterocycles. The van der Waals surface area contributed by atoms with Crippen LogP contribution in [-0.2, 0) is 11.2 Å². The largest absolute Gasteiger partial charge is 0.573 e. The Labute approximate surface area is 173 Å². The number of alkyl halides is 3. The number of nitrogens with one attached hydrogen (secondary N) is 1. The number of fused-ring (bicyclic) bond motifs is 1. The zero-order chi connectivity index (χ0) is 21.7. The van der Waals surface area contributed by atoms with Gasteiger partial charge in [-0.15, -0.1) is 13.2 Å². The first-order valence-electron chi connectivity index (χ1n) is 9.83. The van der Waals surface area contributed by atoms with Crippen LogP contribution in [0.15, 0.2) is 48.5 Å². The van der Waals surface area contributed by atoms with Gasteiger partial charge in [0.05, 0.1) is 12.6 Å².